The van der Waals surface area contributed by atoms with Gasteiger partial charge in [0, 0.05) is 49.3 Å². The predicted octanol–water partition coefficient (Wildman–Crippen LogP) is 9.48. The van der Waals surface area contributed by atoms with Crippen LogP contribution in [0.25, 0.3) is 28.2 Å². The van der Waals surface area contributed by atoms with Crippen molar-refractivity contribution in [3.63, 3.8) is 0 Å². The molecule has 7 aromatic rings. The number of thiazole rings is 1. The quantitative estimate of drug-likeness (QED) is 0.0786. The van der Waals surface area contributed by atoms with Gasteiger partial charge in [-0.25, -0.2) is 4.98 Å². The molecule has 0 saturated carbocycles. The molecule has 10 heteroatoms. The molecule has 4 N–H and O–H groups in total. The van der Waals surface area contributed by atoms with Crippen LogP contribution in [0.5, 0.6) is 0 Å². The van der Waals surface area contributed by atoms with Gasteiger partial charge >= 0.3 is 0 Å². The number of aryl methyl sites for hydroxylation is 1. The van der Waals surface area contributed by atoms with Crippen LogP contribution in [0.2, 0.25) is 0 Å². The molecule has 0 spiro atoms. The van der Waals surface area contributed by atoms with Crippen molar-refractivity contribution < 1.29 is 14.4 Å². The Labute approximate surface area is 309 Å². The van der Waals surface area contributed by atoms with Gasteiger partial charge < -0.3 is 20.9 Å². The average molecular weight is 720 g/mol. The van der Waals surface area contributed by atoms with Crippen molar-refractivity contribution in [2.75, 3.05) is 10.6 Å². The number of nitrogens with zero attached hydrogens (tertiary/aromatic N) is 1. The molecule has 0 fully saturated rings. The summed E-state index contributed by atoms with van der Waals surface area (Å²) in [6.45, 7) is 1.99. The highest BCUT2D eigenvalue weighted by molar-refractivity contribution is 8.00. The number of amides is 3. The highest BCUT2D eigenvalue weighted by atomic mass is 32.2. The molecule has 0 saturated heterocycles. The van der Waals surface area contributed by atoms with E-state index in [0.717, 1.165) is 43.1 Å². The number of carbonyl (C=O) groups excluding carboxylic acids is 3. The molecular formula is C42H33N5O3S2. The molecule has 0 aliphatic carbocycles. The summed E-state index contributed by atoms with van der Waals surface area (Å²) in [5.74, 6) is -1.12. The lowest BCUT2D eigenvalue weighted by atomic mass is 10.1. The molecule has 2 heterocycles. The van der Waals surface area contributed by atoms with Crippen molar-refractivity contribution >= 4 is 68.6 Å². The maximum absolute atomic E-state index is 13.9. The SMILES string of the molecule is Cc1sc(NC(=O)C(Sc2cccc(NC(=O)/C(=C/c3c[nH]c4ccccc34)NC(=O)c3ccccc3)c2)c2ccccc2)nc1-c1ccccc1. The molecule has 1 unspecified atom stereocenters. The third-order valence-electron chi connectivity index (χ3n) is 8.21. The van der Waals surface area contributed by atoms with Crippen LogP contribution in [-0.2, 0) is 9.59 Å². The zero-order valence-electron chi connectivity index (χ0n) is 28.0. The van der Waals surface area contributed by atoms with E-state index < -0.39 is 17.1 Å². The van der Waals surface area contributed by atoms with Gasteiger partial charge in [-0.1, -0.05) is 103 Å². The van der Waals surface area contributed by atoms with E-state index in [9.17, 15) is 14.4 Å². The molecule has 5 aromatic carbocycles. The molecule has 2 aromatic heterocycles. The molecule has 52 heavy (non-hydrogen) atoms. The van der Waals surface area contributed by atoms with E-state index in [1.54, 1.807) is 42.6 Å². The van der Waals surface area contributed by atoms with Crippen molar-refractivity contribution in [1.29, 1.82) is 0 Å². The van der Waals surface area contributed by atoms with E-state index in [0.29, 0.717) is 16.4 Å². The van der Waals surface area contributed by atoms with Crippen molar-refractivity contribution in [2.24, 2.45) is 0 Å². The van der Waals surface area contributed by atoms with Crippen molar-refractivity contribution in [3.8, 4) is 11.3 Å². The van der Waals surface area contributed by atoms with Crippen LogP contribution in [0.3, 0.4) is 0 Å². The second-order valence-electron chi connectivity index (χ2n) is 11.8. The van der Waals surface area contributed by atoms with E-state index in [-0.39, 0.29) is 11.6 Å². The van der Waals surface area contributed by atoms with Gasteiger partial charge in [0.15, 0.2) is 5.13 Å². The number of aromatic nitrogens is 2. The van der Waals surface area contributed by atoms with Gasteiger partial charge in [-0.05, 0) is 55.0 Å². The average Bonchev–Trinajstić information content (AvgIpc) is 3.76. The lowest BCUT2D eigenvalue weighted by Gasteiger charge is -2.17. The summed E-state index contributed by atoms with van der Waals surface area (Å²) in [5.41, 5.74) is 5.31. The maximum atomic E-state index is 13.9. The first kappa shape index (κ1) is 34.2. The number of para-hydroxylation sites is 1. The highest BCUT2D eigenvalue weighted by Crippen LogP contribution is 2.38. The summed E-state index contributed by atoms with van der Waals surface area (Å²) in [5, 5.41) is 9.63. The summed E-state index contributed by atoms with van der Waals surface area (Å²) < 4.78 is 0. The Morgan fingerprint density at radius 2 is 1.48 bits per heavy atom. The Balaban J connectivity index is 1.13. The minimum Gasteiger partial charge on any atom is -0.361 e. The molecule has 0 aliphatic heterocycles. The van der Waals surface area contributed by atoms with Crippen LogP contribution in [0.15, 0.2) is 156 Å². The summed E-state index contributed by atoms with van der Waals surface area (Å²) in [6.07, 6.45) is 3.46. The number of hydrogen-bond donors (Lipinski definition) is 4. The number of hydrogen-bond acceptors (Lipinski definition) is 6. The Morgan fingerprint density at radius 1 is 0.788 bits per heavy atom. The summed E-state index contributed by atoms with van der Waals surface area (Å²) in [4.78, 5) is 50.7. The van der Waals surface area contributed by atoms with Crippen LogP contribution in [0.1, 0.15) is 31.6 Å². The minimum absolute atomic E-state index is 0.0758. The van der Waals surface area contributed by atoms with Crippen LogP contribution < -0.4 is 16.0 Å². The maximum Gasteiger partial charge on any atom is 0.272 e. The van der Waals surface area contributed by atoms with Crippen LogP contribution in [-0.4, -0.2) is 27.7 Å². The Kier molecular flexibility index (Phi) is 10.4. The van der Waals surface area contributed by atoms with Crippen LogP contribution in [0.4, 0.5) is 10.8 Å². The van der Waals surface area contributed by atoms with E-state index in [1.807, 2.05) is 116 Å². The van der Waals surface area contributed by atoms with Gasteiger partial charge in [-0.2, -0.15) is 0 Å². The Morgan fingerprint density at radius 3 is 2.25 bits per heavy atom. The molecule has 0 bridgehead atoms. The molecule has 3 amide bonds. The number of aromatic amines is 1. The molecule has 0 radical (unpaired) electrons. The molecule has 8 nitrogen and oxygen atoms in total. The Bertz CT molecular complexity index is 2390. The number of rotatable bonds is 11. The van der Waals surface area contributed by atoms with Crippen molar-refractivity contribution in [1.82, 2.24) is 15.3 Å². The predicted molar refractivity (Wildman–Crippen MR) is 211 cm³/mol. The number of nitrogens with one attached hydrogen (secondary N) is 4. The number of H-pyrrole nitrogens is 1. The number of fused-ring (bicyclic) bond motifs is 1. The van der Waals surface area contributed by atoms with E-state index in [1.165, 1.54) is 23.1 Å². The summed E-state index contributed by atoms with van der Waals surface area (Å²) in [6, 6.07) is 43.2. The van der Waals surface area contributed by atoms with Gasteiger partial charge in [-0.3, -0.25) is 14.4 Å². The largest absolute Gasteiger partial charge is 0.361 e. The fourth-order valence-corrected chi connectivity index (χ4v) is 7.60. The topological polar surface area (TPSA) is 116 Å². The molecule has 1 atom stereocenters. The summed E-state index contributed by atoms with van der Waals surface area (Å²) >= 11 is 2.80. The first-order valence-electron chi connectivity index (χ1n) is 16.5. The van der Waals surface area contributed by atoms with Gasteiger partial charge in [0.2, 0.25) is 5.91 Å². The normalized spacial score (nSPS) is 11.9. The van der Waals surface area contributed by atoms with Crippen LogP contribution >= 0.6 is 23.1 Å². The lowest BCUT2D eigenvalue weighted by molar-refractivity contribution is -0.116. The van der Waals surface area contributed by atoms with E-state index in [4.69, 9.17) is 4.98 Å². The molecule has 256 valence electrons. The van der Waals surface area contributed by atoms with E-state index in [2.05, 4.69) is 20.9 Å². The third-order valence-corrected chi connectivity index (χ3v) is 10.3. The zero-order valence-corrected chi connectivity index (χ0v) is 29.6. The lowest BCUT2D eigenvalue weighted by Crippen LogP contribution is -2.30. The second kappa shape index (κ2) is 15.8. The monoisotopic (exact) mass is 719 g/mol. The van der Waals surface area contributed by atoms with E-state index >= 15 is 0 Å². The second-order valence-corrected chi connectivity index (χ2v) is 14.2. The van der Waals surface area contributed by atoms with Crippen LogP contribution in [0, 0.1) is 6.92 Å². The standard InChI is InChI=1S/C42H33N5O3S2/c1-27-37(28-14-5-2-6-15-28)46-42(51-27)47-41(50)38(29-16-7-3-8-17-29)52-33-21-13-20-32(25-33)44-40(49)36(45-39(48)30-18-9-4-10-19-30)24-31-26-43-35-23-12-11-22-34(31)35/h2-26,38,43H,1H3,(H,44,49)(H,45,48)(H,46,47,50)/b36-24-. The fraction of sp³-hybridized carbons (Fsp3) is 0.0476. The zero-order chi connectivity index (χ0) is 35.9. The van der Waals surface area contributed by atoms with Gasteiger partial charge in [0.05, 0.1) is 5.69 Å². The Hall–Kier alpha value is -6.23. The summed E-state index contributed by atoms with van der Waals surface area (Å²) in [7, 11) is 0. The minimum atomic E-state index is -0.612. The molecule has 0 aliphatic rings. The van der Waals surface area contributed by atoms with Crippen molar-refractivity contribution in [2.45, 2.75) is 17.1 Å². The molecule has 7 rings (SSSR count). The van der Waals surface area contributed by atoms with Gasteiger partial charge in [-0.15, -0.1) is 23.1 Å². The smallest absolute Gasteiger partial charge is 0.272 e. The van der Waals surface area contributed by atoms with Gasteiger partial charge in [0.25, 0.3) is 11.8 Å². The number of anilines is 2. The first-order chi connectivity index (χ1) is 25.4. The highest BCUT2D eigenvalue weighted by Gasteiger charge is 2.24. The van der Waals surface area contributed by atoms with Gasteiger partial charge in [0.1, 0.15) is 10.9 Å². The number of benzene rings is 5. The number of thioether (sulfide) groups is 1. The third kappa shape index (κ3) is 8.04. The van der Waals surface area contributed by atoms with Crippen molar-refractivity contribution in [3.05, 3.63) is 173 Å². The first-order valence-corrected chi connectivity index (χ1v) is 18.2. The number of carbonyl (C=O) groups is 3. The fourth-order valence-electron chi connectivity index (χ4n) is 5.68. The molecular weight excluding hydrogens is 687 g/mol.